The molecular weight excluding hydrogens is 276 g/mol. The van der Waals surface area contributed by atoms with Crippen molar-refractivity contribution in [3.05, 3.63) is 35.4 Å². The number of rotatable bonds is 0. The molecule has 1 heterocycles. The fourth-order valence-corrected chi connectivity index (χ4v) is 1.51. The molecule has 0 N–H and O–H groups in total. The number of hydrogen-bond acceptors (Lipinski definition) is 2. The van der Waals surface area contributed by atoms with Crippen LogP contribution in [0.3, 0.4) is 0 Å². The molecule has 1 aliphatic heterocycles. The van der Waals surface area contributed by atoms with Crippen molar-refractivity contribution in [2.45, 2.75) is 26.9 Å². The third-order valence-corrected chi connectivity index (χ3v) is 2.18. The number of benzene rings is 1. The van der Waals surface area contributed by atoms with Crippen LogP contribution in [-0.4, -0.2) is 18.1 Å². The summed E-state index contributed by atoms with van der Waals surface area (Å²) in [6.07, 6.45) is -0.274. The van der Waals surface area contributed by atoms with Gasteiger partial charge in [-0.1, -0.05) is 13.8 Å². The third-order valence-electron chi connectivity index (χ3n) is 2.18. The van der Waals surface area contributed by atoms with Crippen molar-refractivity contribution in [2.24, 2.45) is 0 Å². The van der Waals surface area contributed by atoms with Crippen molar-refractivity contribution >= 4 is 6.09 Å². The second kappa shape index (κ2) is 8.40. The zero-order valence-electron chi connectivity index (χ0n) is 10.4. The van der Waals surface area contributed by atoms with Crippen LogP contribution < -0.4 is 58.2 Å². The topological polar surface area (TPSA) is 29.5 Å². The van der Waals surface area contributed by atoms with Crippen molar-refractivity contribution in [3.8, 4) is 0 Å². The van der Waals surface area contributed by atoms with Gasteiger partial charge >= 0.3 is 64.3 Å². The predicted molar refractivity (Wildman–Crippen MR) is 58.3 cm³/mol. The Morgan fingerprint density at radius 1 is 1.44 bits per heavy atom. The molecule has 0 atom stereocenters. The van der Waals surface area contributed by atoms with Crippen molar-refractivity contribution < 1.29 is 67.7 Å². The van der Waals surface area contributed by atoms with E-state index in [0.29, 0.717) is 13.1 Å². The van der Waals surface area contributed by atoms with E-state index in [-0.39, 0.29) is 64.3 Å². The minimum atomic E-state index is -0.274. The Morgan fingerprint density at radius 3 is 2.69 bits per heavy atom. The van der Waals surface area contributed by atoms with E-state index in [0.717, 1.165) is 11.1 Å². The Balaban J connectivity index is 0.000000711. The van der Waals surface area contributed by atoms with Crippen LogP contribution in [0.5, 0.6) is 0 Å². The van der Waals surface area contributed by atoms with E-state index in [1.165, 1.54) is 7.11 Å². The molecular formula is C12H16NO2Rb. The van der Waals surface area contributed by atoms with Gasteiger partial charge in [0.25, 0.3) is 0 Å². The van der Waals surface area contributed by atoms with E-state index in [1.807, 2.05) is 32.0 Å². The molecule has 4 heteroatoms. The summed E-state index contributed by atoms with van der Waals surface area (Å²) in [5.74, 6) is 0. The molecule has 0 fully saturated rings. The minimum absolute atomic E-state index is 0. The quantitative estimate of drug-likeness (QED) is 0.609. The zero-order valence-corrected chi connectivity index (χ0v) is 15.3. The molecule has 0 aromatic heterocycles. The predicted octanol–water partition coefficient (Wildman–Crippen LogP) is -0.401. The van der Waals surface area contributed by atoms with Crippen LogP contribution in [0.1, 0.15) is 25.0 Å². The molecule has 0 saturated carbocycles. The van der Waals surface area contributed by atoms with E-state index < -0.39 is 0 Å². The van der Waals surface area contributed by atoms with E-state index in [4.69, 9.17) is 0 Å². The Hall–Kier alpha value is 0.295. The molecule has 82 valence electrons. The Kier molecular flexibility index (Phi) is 8.55. The van der Waals surface area contributed by atoms with Gasteiger partial charge in [0.05, 0.1) is 7.11 Å². The molecule has 1 amide bonds. The molecule has 0 saturated heterocycles. The largest absolute Gasteiger partial charge is 1.00 e. The molecule has 1 aromatic carbocycles. The minimum Gasteiger partial charge on any atom is -0.453 e. The van der Waals surface area contributed by atoms with E-state index >= 15 is 0 Å². The third kappa shape index (κ3) is 3.95. The Bertz CT molecular complexity index is 317. The molecule has 0 spiro atoms. The van der Waals surface area contributed by atoms with Gasteiger partial charge < -0.3 is 9.64 Å². The standard InChI is InChI=1S/C10H10NO2.C2H6.Rb/c1-13-10(12)11-6-8-4-2-3-5-9(8)7-11;1-2;/h2-4H,6-7H2,1H3;1-2H3;/q-1;;+1. The molecule has 1 aromatic rings. The zero-order chi connectivity index (χ0) is 11.3. The van der Waals surface area contributed by atoms with Gasteiger partial charge in [0, 0.05) is 13.1 Å². The molecule has 2 rings (SSSR count). The molecule has 16 heavy (non-hydrogen) atoms. The van der Waals surface area contributed by atoms with Gasteiger partial charge in [-0.15, -0.1) is 11.1 Å². The first-order valence-corrected chi connectivity index (χ1v) is 5.12. The van der Waals surface area contributed by atoms with Crippen LogP contribution in [-0.2, 0) is 17.8 Å². The normalized spacial score (nSPS) is 11.8. The maximum absolute atomic E-state index is 11.2. The average Bonchev–Trinajstić information content (AvgIpc) is 2.74. The van der Waals surface area contributed by atoms with Gasteiger partial charge in [0.15, 0.2) is 0 Å². The van der Waals surface area contributed by atoms with Crippen LogP contribution in [0.15, 0.2) is 18.2 Å². The van der Waals surface area contributed by atoms with Crippen LogP contribution in [0.2, 0.25) is 0 Å². The van der Waals surface area contributed by atoms with E-state index in [2.05, 4.69) is 10.8 Å². The first kappa shape index (κ1) is 16.3. The van der Waals surface area contributed by atoms with Crippen molar-refractivity contribution in [3.63, 3.8) is 0 Å². The number of hydrogen-bond donors (Lipinski definition) is 0. The molecule has 0 aliphatic carbocycles. The monoisotopic (exact) mass is 291 g/mol. The summed E-state index contributed by atoms with van der Waals surface area (Å²) in [6.45, 7) is 5.25. The molecule has 1 aliphatic rings. The maximum Gasteiger partial charge on any atom is 1.00 e. The van der Waals surface area contributed by atoms with Gasteiger partial charge in [0.1, 0.15) is 0 Å². The van der Waals surface area contributed by atoms with E-state index in [1.54, 1.807) is 4.90 Å². The molecule has 0 bridgehead atoms. The number of nitrogens with zero attached hydrogens (tertiary/aromatic N) is 1. The van der Waals surface area contributed by atoms with Gasteiger partial charge in [-0.05, 0) is 0 Å². The summed E-state index contributed by atoms with van der Waals surface area (Å²) >= 11 is 0. The molecule has 3 nitrogen and oxygen atoms in total. The summed E-state index contributed by atoms with van der Waals surface area (Å²) in [4.78, 5) is 12.8. The fraction of sp³-hybridized carbons (Fsp3) is 0.417. The maximum atomic E-state index is 11.2. The van der Waals surface area contributed by atoms with Crippen molar-refractivity contribution in [2.75, 3.05) is 7.11 Å². The fourth-order valence-electron chi connectivity index (χ4n) is 1.51. The van der Waals surface area contributed by atoms with Crippen molar-refractivity contribution in [1.29, 1.82) is 0 Å². The van der Waals surface area contributed by atoms with Crippen LogP contribution >= 0.6 is 0 Å². The number of methoxy groups -OCH3 is 1. The summed E-state index contributed by atoms with van der Waals surface area (Å²) in [6, 6.07) is 8.91. The van der Waals surface area contributed by atoms with Gasteiger partial charge in [-0.2, -0.15) is 24.3 Å². The second-order valence-electron chi connectivity index (χ2n) is 3.00. The summed E-state index contributed by atoms with van der Waals surface area (Å²) in [5, 5.41) is 0. The molecule has 0 radical (unpaired) electrons. The summed E-state index contributed by atoms with van der Waals surface area (Å²) in [5.41, 5.74) is 2.25. The van der Waals surface area contributed by atoms with Gasteiger partial charge in [-0.3, -0.25) is 0 Å². The second-order valence-corrected chi connectivity index (χ2v) is 3.00. The van der Waals surface area contributed by atoms with Crippen molar-refractivity contribution in [1.82, 2.24) is 4.90 Å². The molecule has 0 unspecified atom stereocenters. The van der Waals surface area contributed by atoms with Gasteiger partial charge in [-0.25, -0.2) is 4.79 Å². The Morgan fingerprint density at radius 2 is 2.12 bits per heavy atom. The van der Waals surface area contributed by atoms with Crippen LogP contribution in [0, 0.1) is 6.07 Å². The number of carbonyl (C=O) groups excluding carboxylic acids is 1. The first-order chi connectivity index (χ1) is 7.31. The number of carbonyl (C=O) groups is 1. The van der Waals surface area contributed by atoms with Gasteiger partial charge in [0.2, 0.25) is 0 Å². The number of amides is 1. The first-order valence-electron chi connectivity index (χ1n) is 5.12. The number of ether oxygens (including phenoxy) is 1. The summed E-state index contributed by atoms with van der Waals surface area (Å²) < 4.78 is 4.64. The van der Waals surface area contributed by atoms with Crippen LogP contribution in [0.25, 0.3) is 0 Å². The number of fused-ring (bicyclic) bond motifs is 1. The average molecular weight is 292 g/mol. The Labute approximate surface area is 146 Å². The van der Waals surface area contributed by atoms with E-state index in [9.17, 15) is 4.79 Å². The smallest absolute Gasteiger partial charge is 0.453 e. The van der Waals surface area contributed by atoms with Crippen LogP contribution in [0.4, 0.5) is 4.79 Å². The SMILES string of the molecule is CC.COC(=O)N1Cc2[c-]cccc2C1.[Rb+]. The summed E-state index contributed by atoms with van der Waals surface area (Å²) in [7, 11) is 1.40.